The molecule has 0 aromatic heterocycles. The van der Waals surface area contributed by atoms with Crippen LogP contribution >= 0.6 is 0 Å². The van der Waals surface area contributed by atoms with Crippen molar-refractivity contribution in [2.75, 3.05) is 29.5 Å². The highest BCUT2D eigenvalue weighted by Crippen LogP contribution is 2.21. The van der Waals surface area contributed by atoms with Gasteiger partial charge in [0.05, 0.1) is 18.6 Å². The number of anilines is 2. The van der Waals surface area contributed by atoms with Crippen molar-refractivity contribution in [3.8, 4) is 0 Å². The van der Waals surface area contributed by atoms with Crippen LogP contribution in [-0.4, -0.2) is 34.2 Å². The molecule has 2 aromatic rings. The highest BCUT2D eigenvalue weighted by atomic mass is 32.2. The minimum absolute atomic E-state index is 0.144. The Balaban J connectivity index is 2.19. The number of benzene rings is 2. The minimum atomic E-state index is -3.89. The number of halogens is 2. The van der Waals surface area contributed by atoms with Crippen LogP contribution in [0.3, 0.4) is 0 Å². The number of rotatable bonds is 7. The van der Waals surface area contributed by atoms with E-state index in [0.717, 1.165) is 30.0 Å². The highest BCUT2D eigenvalue weighted by Gasteiger charge is 2.22. The van der Waals surface area contributed by atoms with Crippen molar-refractivity contribution in [1.82, 2.24) is 0 Å². The van der Waals surface area contributed by atoms with Gasteiger partial charge in [-0.3, -0.25) is 9.10 Å². The molecule has 0 saturated carbocycles. The first kappa shape index (κ1) is 19.8. The van der Waals surface area contributed by atoms with Gasteiger partial charge in [0.1, 0.15) is 6.54 Å². The van der Waals surface area contributed by atoms with E-state index < -0.39 is 34.1 Å². The molecular formula is C17H18F2N2O4S. The summed E-state index contributed by atoms with van der Waals surface area (Å²) < 4.78 is 56.1. The van der Waals surface area contributed by atoms with Crippen molar-refractivity contribution in [1.29, 1.82) is 0 Å². The summed E-state index contributed by atoms with van der Waals surface area (Å²) in [7, 11) is -2.35. The smallest absolute Gasteiger partial charge is 0.245 e. The number of carbonyl (C=O) groups is 1. The second-order valence-corrected chi connectivity index (χ2v) is 7.46. The predicted octanol–water partition coefficient (Wildman–Crippen LogP) is 2.52. The van der Waals surface area contributed by atoms with Gasteiger partial charge in [-0.1, -0.05) is 12.1 Å². The first-order chi connectivity index (χ1) is 12.2. The van der Waals surface area contributed by atoms with Crippen molar-refractivity contribution in [3.63, 3.8) is 0 Å². The summed E-state index contributed by atoms with van der Waals surface area (Å²) in [4.78, 5) is 12.2. The van der Waals surface area contributed by atoms with E-state index in [2.05, 4.69) is 5.32 Å². The van der Waals surface area contributed by atoms with Gasteiger partial charge in [0.25, 0.3) is 0 Å². The van der Waals surface area contributed by atoms with Crippen molar-refractivity contribution in [3.05, 3.63) is 59.7 Å². The van der Waals surface area contributed by atoms with Gasteiger partial charge in [-0.05, 0) is 29.8 Å². The van der Waals surface area contributed by atoms with E-state index in [9.17, 15) is 22.0 Å². The van der Waals surface area contributed by atoms with Gasteiger partial charge in [0.15, 0.2) is 11.6 Å². The van der Waals surface area contributed by atoms with Crippen LogP contribution < -0.4 is 9.62 Å². The largest absolute Gasteiger partial charge is 0.380 e. The normalized spacial score (nSPS) is 11.2. The van der Waals surface area contributed by atoms with Gasteiger partial charge in [-0.2, -0.15) is 0 Å². The molecule has 140 valence electrons. The fourth-order valence-electron chi connectivity index (χ4n) is 2.28. The maximum Gasteiger partial charge on any atom is 0.245 e. The van der Waals surface area contributed by atoms with Crippen LogP contribution in [0.4, 0.5) is 20.2 Å². The van der Waals surface area contributed by atoms with Crippen molar-refractivity contribution in [2.24, 2.45) is 0 Å². The van der Waals surface area contributed by atoms with Gasteiger partial charge in [0, 0.05) is 18.9 Å². The third-order valence-electron chi connectivity index (χ3n) is 3.40. The van der Waals surface area contributed by atoms with Gasteiger partial charge in [0.2, 0.25) is 15.9 Å². The van der Waals surface area contributed by atoms with Crippen molar-refractivity contribution >= 4 is 27.3 Å². The third kappa shape index (κ3) is 5.24. The molecule has 0 spiro atoms. The molecule has 0 unspecified atom stereocenters. The van der Waals surface area contributed by atoms with Crippen LogP contribution in [0.15, 0.2) is 42.5 Å². The summed E-state index contributed by atoms with van der Waals surface area (Å²) in [6, 6.07) is 9.46. The van der Waals surface area contributed by atoms with Gasteiger partial charge >= 0.3 is 0 Å². The first-order valence-corrected chi connectivity index (χ1v) is 9.36. The molecule has 2 rings (SSSR count). The highest BCUT2D eigenvalue weighted by molar-refractivity contribution is 7.92. The number of hydrogen-bond donors (Lipinski definition) is 1. The molecule has 0 radical (unpaired) electrons. The Morgan fingerprint density at radius 3 is 2.50 bits per heavy atom. The van der Waals surface area contributed by atoms with E-state index in [1.165, 1.54) is 7.11 Å². The molecule has 0 saturated heterocycles. The SMILES string of the molecule is COCc1cccc(NC(=O)CN(c2ccc(F)c(F)c2)S(C)(=O)=O)c1. The maximum atomic E-state index is 13.4. The minimum Gasteiger partial charge on any atom is -0.380 e. The van der Waals surface area contributed by atoms with Crippen molar-refractivity contribution < 1.29 is 26.7 Å². The molecule has 0 aliphatic carbocycles. The van der Waals surface area contributed by atoms with Crippen LogP contribution in [-0.2, 0) is 26.2 Å². The van der Waals surface area contributed by atoms with Crippen LogP contribution in [0.1, 0.15) is 5.56 Å². The number of hydrogen-bond acceptors (Lipinski definition) is 4. The lowest BCUT2D eigenvalue weighted by atomic mass is 10.2. The predicted molar refractivity (Wildman–Crippen MR) is 94.3 cm³/mol. The summed E-state index contributed by atoms with van der Waals surface area (Å²) in [5.74, 6) is -2.94. The molecule has 2 aromatic carbocycles. The number of sulfonamides is 1. The number of amides is 1. The lowest BCUT2D eigenvalue weighted by Gasteiger charge is -2.22. The summed E-state index contributed by atoms with van der Waals surface area (Å²) >= 11 is 0. The second-order valence-electron chi connectivity index (χ2n) is 5.55. The van der Waals surface area contributed by atoms with Crippen LogP contribution in [0.25, 0.3) is 0 Å². The van der Waals surface area contributed by atoms with E-state index in [0.29, 0.717) is 16.6 Å². The summed E-state index contributed by atoms with van der Waals surface area (Å²) in [6.07, 6.45) is 0.876. The second kappa shape index (κ2) is 8.24. The molecule has 6 nitrogen and oxygen atoms in total. The van der Waals surface area contributed by atoms with Gasteiger partial charge in [-0.25, -0.2) is 17.2 Å². The zero-order chi connectivity index (χ0) is 19.3. The molecule has 9 heteroatoms. The fraction of sp³-hybridized carbons (Fsp3) is 0.235. The number of nitrogens with zero attached hydrogens (tertiary/aromatic N) is 1. The first-order valence-electron chi connectivity index (χ1n) is 7.51. The topological polar surface area (TPSA) is 75.7 Å². The summed E-state index contributed by atoms with van der Waals surface area (Å²) in [6.45, 7) is -0.230. The van der Waals surface area contributed by atoms with Gasteiger partial charge < -0.3 is 10.1 Å². The number of methoxy groups -OCH3 is 1. The van der Waals surface area contributed by atoms with E-state index in [4.69, 9.17) is 4.74 Å². The molecule has 1 N–H and O–H groups in total. The average molecular weight is 384 g/mol. The van der Waals surface area contributed by atoms with Gasteiger partial charge in [-0.15, -0.1) is 0 Å². The lowest BCUT2D eigenvalue weighted by Crippen LogP contribution is -2.37. The molecule has 0 atom stereocenters. The molecule has 0 aliphatic rings. The quantitative estimate of drug-likeness (QED) is 0.796. The van der Waals surface area contributed by atoms with Crippen LogP contribution in [0.5, 0.6) is 0 Å². The van der Waals surface area contributed by atoms with E-state index in [1.807, 2.05) is 6.07 Å². The third-order valence-corrected chi connectivity index (χ3v) is 4.54. The van der Waals surface area contributed by atoms with E-state index >= 15 is 0 Å². The fourth-order valence-corrected chi connectivity index (χ4v) is 3.12. The monoisotopic (exact) mass is 384 g/mol. The Morgan fingerprint density at radius 2 is 1.88 bits per heavy atom. The summed E-state index contributed by atoms with van der Waals surface area (Å²) in [5.41, 5.74) is 1.14. The lowest BCUT2D eigenvalue weighted by molar-refractivity contribution is -0.114. The average Bonchev–Trinajstić information content (AvgIpc) is 2.55. The number of nitrogens with one attached hydrogen (secondary N) is 1. The van der Waals surface area contributed by atoms with E-state index in [1.54, 1.807) is 18.2 Å². The molecule has 0 fully saturated rings. The Labute approximate surface area is 150 Å². The standard InChI is InChI=1S/C17H18F2N2O4S/c1-25-11-12-4-3-5-13(8-12)20-17(22)10-21(26(2,23)24)14-6-7-15(18)16(19)9-14/h3-9H,10-11H2,1-2H3,(H,20,22). The van der Waals surface area contributed by atoms with E-state index in [-0.39, 0.29) is 5.69 Å². The molecule has 26 heavy (non-hydrogen) atoms. The Kier molecular flexibility index (Phi) is 6.27. The number of ether oxygens (including phenoxy) is 1. The number of carbonyl (C=O) groups excluding carboxylic acids is 1. The molecular weight excluding hydrogens is 366 g/mol. The maximum absolute atomic E-state index is 13.4. The van der Waals surface area contributed by atoms with Crippen LogP contribution in [0, 0.1) is 11.6 Å². The molecule has 0 bridgehead atoms. The summed E-state index contributed by atoms with van der Waals surface area (Å²) in [5, 5.41) is 2.57. The van der Waals surface area contributed by atoms with Crippen molar-refractivity contribution in [2.45, 2.75) is 6.61 Å². The zero-order valence-corrected chi connectivity index (χ0v) is 15.0. The molecule has 0 aliphatic heterocycles. The Morgan fingerprint density at radius 1 is 1.15 bits per heavy atom. The Hall–Kier alpha value is -2.52. The van der Waals surface area contributed by atoms with Crippen LogP contribution in [0.2, 0.25) is 0 Å². The zero-order valence-electron chi connectivity index (χ0n) is 14.2. The Bertz CT molecular complexity index is 903. The molecule has 1 amide bonds. The molecule has 0 heterocycles.